The monoisotopic (exact) mass is 248 g/mol. The number of benzene rings is 1. The van der Waals surface area contributed by atoms with Crippen LogP contribution >= 0.6 is 0 Å². The molecule has 0 spiro atoms. The Bertz CT molecular complexity index is 736. The van der Waals surface area contributed by atoms with Crippen LogP contribution in [0.5, 0.6) is 0 Å². The highest BCUT2D eigenvalue weighted by Crippen LogP contribution is 2.50. The molecular weight excluding hydrogens is 230 g/mol. The summed E-state index contributed by atoms with van der Waals surface area (Å²) in [4.78, 5) is 0. The third-order valence-corrected chi connectivity index (χ3v) is 4.69. The Hall–Kier alpha value is -1.89. The molecule has 0 bridgehead atoms. The molecule has 2 unspecified atom stereocenters. The van der Waals surface area contributed by atoms with Crippen molar-refractivity contribution in [2.45, 2.75) is 13.3 Å². The Morgan fingerprint density at radius 1 is 1.11 bits per heavy atom. The van der Waals surface area contributed by atoms with Crippen LogP contribution < -0.4 is 4.57 Å². The van der Waals surface area contributed by atoms with Crippen LogP contribution in [-0.2, 0) is 7.05 Å². The Labute approximate surface area is 113 Å². The highest BCUT2D eigenvalue weighted by molar-refractivity contribution is 5.80. The number of hydrogen-bond donors (Lipinski definition) is 0. The van der Waals surface area contributed by atoms with Crippen molar-refractivity contribution in [3.8, 4) is 0 Å². The summed E-state index contributed by atoms with van der Waals surface area (Å²) in [6.07, 6.45) is 6.07. The van der Waals surface area contributed by atoms with Crippen LogP contribution in [0.15, 0.2) is 54.1 Å². The van der Waals surface area contributed by atoms with Crippen molar-refractivity contribution in [3.05, 3.63) is 59.8 Å². The first-order valence-electron chi connectivity index (χ1n) is 7.03. The first-order chi connectivity index (χ1) is 9.25. The van der Waals surface area contributed by atoms with Crippen LogP contribution in [0, 0.1) is 11.8 Å². The van der Waals surface area contributed by atoms with Crippen molar-refractivity contribution in [2.24, 2.45) is 18.9 Å². The van der Waals surface area contributed by atoms with Gasteiger partial charge in [0.2, 0.25) is 11.2 Å². The zero-order valence-corrected chi connectivity index (χ0v) is 11.4. The first kappa shape index (κ1) is 11.0. The second-order valence-electron chi connectivity index (χ2n) is 5.80. The summed E-state index contributed by atoms with van der Waals surface area (Å²) in [6, 6.07) is 13.1. The predicted molar refractivity (Wildman–Crippen MR) is 78.5 cm³/mol. The van der Waals surface area contributed by atoms with Crippen molar-refractivity contribution in [3.63, 3.8) is 0 Å². The summed E-state index contributed by atoms with van der Waals surface area (Å²) in [5.41, 5.74) is 5.62. The van der Waals surface area contributed by atoms with E-state index in [9.17, 15) is 0 Å². The largest absolute Gasteiger partial charge is 0.212 e. The number of para-hydroxylation sites is 1. The fourth-order valence-corrected chi connectivity index (χ4v) is 3.38. The summed E-state index contributed by atoms with van der Waals surface area (Å²) in [5.74, 6) is 1.64. The van der Waals surface area contributed by atoms with Crippen molar-refractivity contribution in [2.75, 3.05) is 0 Å². The average molecular weight is 248 g/mol. The first-order valence-corrected chi connectivity index (χ1v) is 7.03. The van der Waals surface area contributed by atoms with E-state index in [1.807, 2.05) is 0 Å². The van der Waals surface area contributed by atoms with Crippen LogP contribution in [0.1, 0.15) is 19.0 Å². The Kier molecular flexibility index (Phi) is 2.20. The lowest BCUT2D eigenvalue weighted by Gasteiger charge is -2.11. The normalized spacial score (nSPS) is 24.7. The fraction of sp³-hybridized carbons (Fsp3) is 0.278. The third-order valence-electron chi connectivity index (χ3n) is 4.69. The summed E-state index contributed by atoms with van der Waals surface area (Å²) < 4.78 is 2.32. The number of rotatable bonds is 1. The number of aryl methyl sites for hydroxylation is 1. The van der Waals surface area contributed by atoms with Crippen LogP contribution in [-0.4, -0.2) is 0 Å². The fourth-order valence-electron chi connectivity index (χ4n) is 3.38. The van der Waals surface area contributed by atoms with Gasteiger partial charge in [-0.1, -0.05) is 29.9 Å². The second kappa shape index (κ2) is 3.80. The molecule has 2 aliphatic carbocycles. The molecular formula is C18H18N+. The number of pyridine rings is 1. The number of hydrogen-bond acceptors (Lipinski definition) is 0. The maximum Gasteiger partial charge on any atom is 0.212 e. The van der Waals surface area contributed by atoms with E-state index in [4.69, 9.17) is 0 Å². The van der Waals surface area contributed by atoms with E-state index in [0.717, 1.165) is 11.8 Å². The van der Waals surface area contributed by atoms with Gasteiger partial charge < -0.3 is 0 Å². The minimum absolute atomic E-state index is 0.812. The van der Waals surface area contributed by atoms with Crippen molar-refractivity contribution >= 4 is 16.5 Å². The van der Waals surface area contributed by atoms with E-state index >= 15 is 0 Å². The Morgan fingerprint density at radius 3 is 2.84 bits per heavy atom. The number of aromatic nitrogens is 1. The molecule has 4 rings (SSSR count). The molecule has 19 heavy (non-hydrogen) atoms. The predicted octanol–water partition coefficient (Wildman–Crippen LogP) is 3.64. The maximum absolute atomic E-state index is 2.39. The van der Waals surface area contributed by atoms with Gasteiger partial charge in [-0.15, -0.1) is 0 Å². The number of allylic oxidation sites excluding steroid dienone is 4. The molecule has 94 valence electrons. The van der Waals surface area contributed by atoms with Gasteiger partial charge in [-0.25, -0.2) is 0 Å². The molecule has 0 saturated heterocycles. The molecule has 1 aromatic carbocycles. The van der Waals surface area contributed by atoms with Gasteiger partial charge >= 0.3 is 0 Å². The third kappa shape index (κ3) is 1.58. The van der Waals surface area contributed by atoms with E-state index in [0.29, 0.717) is 0 Å². The van der Waals surface area contributed by atoms with E-state index in [1.165, 1.54) is 28.6 Å². The van der Waals surface area contributed by atoms with Gasteiger partial charge in [0, 0.05) is 23.1 Å². The van der Waals surface area contributed by atoms with Crippen LogP contribution in [0.25, 0.3) is 16.5 Å². The smallest absolute Gasteiger partial charge is 0.194 e. The molecule has 1 fully saturated rings. The van der Waals surface area contributed by atoms with Crippen molar-refractivity contribution in [1.82, 2.24) is 0 Å². The summed E-state index contributed by atoms with van der Waals surface area (Å²) in [7, 11) is 2.17. The lowest BCUT2D eigenvalue weighted by Crippen LogP contribution is -2.34. The Balaban J connectivity index is 1.95. The zero-order chi connectivity index (χ0) is 13.0. The second-order valence-corrected chi connectivity index (χ2v) is 5.80. The molecule has 2 atom stereocenters. The van der Waals surface area contributed by atoms with Gasteiger partial charge in [0.1, 0.15) is 7.05 Å². The molecule has 1 nitrogen and oxygen atoms in total. The minimum Gasteiger partial charge on any atom is -0.194 e. The molecule has 0 radical (unpaired) electrons. The van der Waals surface area contributed by atoms with E-state index < -0.39 is 0 Å². The van der Waals surface area contributed by atoms with Crippen LogP contribution in [0.4, 0.5) is 0 Å². The zero-order valence-electron chi connectivity index (χ0n) is 11.4. The van der Waals surface area contributed by atoms with Gasteiger partial charge in [0.15, 0.2) is 0 Å². The van der Waals surface area contributed by atoms with Gasteiger partial charge in [-0.05, 0) is 37.3 Å². The Morgan fingerprint density at radius 2 is 1.95 bits per heavy atom. The van der Waals surface area contributed by atoms with E-state index in [-0.39, 0.29) is 0 Å². The lowest BCUT2D eigenvalue weighted by atomic mass is 9.95. The quantitative estimate of drug-likeness (QED) is 0.678. The summed E-state index contributed by atoms with van der Waals surface area (Å²) in [5, 5.41) is 1.30. The average Bonchev–Trinajstić information content (AvgIpc) is 3.21. The molecule has 0 N–H and O–H groups in total. The maximum atomic E-state index is 2.39. The van der Waals surface area contributed by atoms with Gasteiger partial charge in [-0.2, -0.15) is 4.57 Å². The van der Waals surface area contributed by atoms with E-state index in [1.54, 1.807) is 5.57 Å². The molecule has 2 aromatic rings. The SMILES string of the molecule is CC1=C(c2ccc3ccccc3[n+]2C)C=CC2CC12. The summed E-state index contributed by atoms with van der Waals surface area (Å²) in [6.45, 7) is 2.30. The lowest BCUT2D eigenvalue weighted by molar-refractivity contribution is -0.647. The molecule has 2 aliphatic rings. The van der Waals surface area contributed by atoms with Crippen molar-refractivity contribution < 1.29 is 4.57 Å². The van der Waals surface area contributed by atoms with E-state index in [2.05, 4.69) is 67.1 Å². The van der Waals surface area contributed by atoms with Gasteiger partial charge in [0.05, 0.1) is 0 Å². The van der Waals surface area contributed by atoms with Crippen LogP contribution in [0.2, 0.25) is 0 Å². The highest BCUT2D eigenvalue weighted by atomic mass is 14.9. The minimum atomic E-state index is 0.812. The molecule has 1 heterocycles. The molecule has 0 aliphatic heterocycles. The van der Waals surface area contributed by atoms with Crippen molar-refractivity contribution in [1.29, 1.82) is 0 Å². The summed E-state index contributed by atoms with van der Waals surface area (Å²) >= 11 is 0. The molecule has 1 heteroatoms. The highest BCUT2D eigenvalue weighted by Gasteiger charge is 2.40. The topological polar surface area (TPSA) is 3.88 Å². The molecule has 0 amide bonds. The van der Waals surface area contributed by atoms with Gasteiger partial charge in [0.25, 0.3) is 0 Å². The molecule has 1 aromatic heterocycles. The standard InChI is InChI=1S/C18H18N/c1-12-15(9-7-14-11-16(12)14)18-10-8-13-5-3-4-6-17(13)19(18)2/h3-10,14,16H,11H2,1-2H3/q+1. The number of nitrogens with zero attached hydrogens (tertiary/aromatic N) is 1. The van der Waals surface area contributed by atoms with Crippen LogP contribution in [0.3, 0.4) is 0 Å². The molecule has 1 saturated carbocycles. The number of fused-ring (bicyclic) bond motifs is 2. The van der Waals surface area contributed by atoms with Gasteiger partial charge in [-0.3, -0.25) is 0 Å².